The SMILES string of the molecule is CCC1CC1NCC(C)CO. The summed E-state index contributed by atoms with van der Waals surface area (Å²) >= 11 is 0. The molecule has 1 rings (SSSR count). The zero-order chi connectivity index (χ0) is 8.27. The summed E-state index contributed by atoms with van der Waals surface area (Å²) in [5, 5.41) is 12.2. The molecule has 0 saturated heterocycles. The van der Waals surface area contributed by atoms with Crippen molar-refractivity contribution in [3.05, 3.63) is 0 Å². The van der Waals surface area contributed by atoms with E-state index in [1.165, 1.54) is 12.8 Å². The fraction of sp³-hybridized carbons (Fsp3) is 1.00. The van der Waals surface area contributed by atoms with Crippen molar-refractivity contribution in [1.82, 2.24) is 5.32 Å². The van der Waals surface area contributed by atoms with E-state index < -0.39 is 0 Å². The predicted octanol–water partition coefficient (Wildman–Crippen LogP) is 1.00. The van der Waals surface area contributed by atoms with Gasteiger partial charge in [-0.2, -0.15) is 0 Å². The Kier molecular flexibility index (Phi) is 3.34. The lowest BCUT2D eigenvalue weighted by Gasteiger charge is -2.08. The molecule has 0 amide bonds. The van der Waals surface area contributed by atoms with Gasteiger partial charge in [-0.25, -0.2) is 0 Å². The number of aliphatic hydroxyl groups is 1. The number of rotatable bonds is 5. The Balaban J connectivity index is 1.97. The molecule has 0 bridgehead atoms. The van der Waals surface area contributed by atoms with Gasteiger partial charge in [0.2, 0.25) is 0 Å². The second-order valence-electron chi connectivity index (χ2n) is 3.71. The van der Waals surface area contributed by atoms with Crippen molar-refractivity contribution < 1.29 is 5.11 Å². The highest BCUT2D eigenvalue weighted by Gasteiger charge is 2.34. The van der Waals surface area contributed by atoms with Gasteiger partial charge in [0.05, 0.1) is 0 Å². The molecule has 0 aromatic heterocycles. The molecule has 3 unspecified atom stereocenters. The maximum Gasteiger partial charge on any atom is 0.0468 e. The van der Waals surface area contributed by atoms with E-state index in [1.54, 1.807) is 0 Å². The molecular weight excluding hydrogens is 138 g/mol. The lowest BCUT2D eigenvalue weighted by atomic mass is 10.2. The van der Waals surface area contributed by atoms with Gasteiger partial charge >= 0.3 is 0 Å². The van der Waals surface area contributed by atoms with Crippen LogP contribution in [0.5, 0.6) is 0 Å². The summed E-state index contributed by atoms with van der Waals surface area (Å²) in [6.45, 7) is 5.58. The maximum absolute atomic E-state index is 8.75. The van der Waals surface area contributed by atoms with Gasteiger partial charge in [0.1, 0.15) is 0 Å². The van der Waals surface area contributed by atoms with Crippen molar-refractivity contribution in [3.63, 3.8) is 0 Å². The van der Waals surface area contributed by atoms with E-state index >= 15 is 0 Å². The van der Waals surface area contributed by atoms with Crippen LogP contribution in [0.1, 0.15) is 26.7 Å². The molecule has 1 saturated carbocycles. The predicted molar refractivity (Wildman–Crippen MR) is 46.4 cm³/mol. The normalized spacial score (nSPS) is 31.9. The van der Waals surface area contributed by atoms with Gasteiger partial charge in [0.25, 0.3) is 0 Å². The first kappa shape index (κ1) is 9.01. The van der Waals surface area contributed by atoms with Gasteiger partial charge in [0, 0.05) is 19.2 Å². The van der Waals surface area contributed by atoms with Crippen molar-refractivity contribution in [2.24, 2.45) is 11.8 Å². The minimum absolute atomic E-state index is 0.302. The molecule has 1 aliphatic carbocycles. The molecule has 1 aliphatic rings. The summed E-state index contributed by atoms with van der Waals surface area (Å²) in [6.07, 6.45) is 2.64. The minimum Gasteiger partial charge on any atom is -0.396 e. The molecule has 0 heterocycles. The second-order valence-corrected chi connectivity index (χ2v) is 3.71. The average Bonchev–Trinajstić information content (AvgIpc) is 2.78. The van der Waals surface area contributed by atoms with Crippen LogP contribution in [0.4, 0.5) is 0 Å². The quantitative estimate of drug-likeness (QED) is 0.624. The molecule has 1 fully saturated rings. The molecule has 2 nitrogen and oxygen atoms in total. The van der Waals surface area contributed by atoms with E-state index in [-0.39, 0.29) is 0 Å². The van der Waals surface area contributed by atoms with Gasteiger partial charge in [-0.15, -0.1) is 0 Å². The topological polar surface area (TPSA) is 32.3 Å². The highest BCUT2D eigenvalue weighted by molar-refractivity contribution is 4.91. The molecule has 11 heavy (non-hydrogen) atoms. The molecule has 0 spiro atoms. The van der Waals surface area contributed by atoms with E-state index in [4.69, 9.17) is 5.11 Å². The Hall–Kier alpha value is -0.0800. The summed E-state index contributed by atoms with van der Waals surface area (Å²) in [6, 6.07) is 0.758. The first-order chi connectivity index (χ1) is 5.27. The zero-order valence-electron chi connectivity index (χ0n) is 7.51. The molecule has 2 heteroatoms. The van der Waals surface area contributed by atoms with E-state index in [0.29, 0.717) is 12.5 Å². The Morgan fingerprint density at radius 2 is 2.36 bits per heavy atom. The van der Waals surface area contributed by atoms with Crippen LogP contribution in [-0.4, -0.2) is 24.3 Å². The average molecular weight is 157 g/mol. The number of hydrogen-bond acceptors (Lipinski definition) is 2. The fourth-order valence-electron chi connectivity index (χ4n) is 1.37. The van der Waals surface area contributed by atoms with Crippen LogP contribution < -0.4 is 5.32 Å². The van der Waals surface area contributed by atoms with E-state index in [0.717, 1.165) is 18.5 Å². The largest absolute Gasteiger partial charge is 0.396 e. The summed E-state index contributed by atoms with van der Waals surface area (Å²) in [5.41, 5.74) is 0. The highest BCUT2D eigenvalue weighted by atomic mass is 16.3. The third-order valence-corrected chi connectivity index (χ3v) is 2.49. The number of hydrogen-bond donors (Lipinski definition) is 2. The van der Waals surface area contributed by atoms with E-state index in [1.807, 2.05) is 0 Å². The molecule has 0 aromatic carbocycles. The van der Waals surface area contributed by atoms with E-state index in [2.05, 4.69) is 19.2 Å². The molecule has 0 radical (unpaired) electrons. The smallest absolute Gasteiger partial charge is 0.0468 e. The maximum atomic E-state index is 8.75. The van der Waals surface area contributed by atoms with Gasteiger partial charge in [0.15, 0.2) is 0 Å². The van der Waals surface area contributed by atoms with Gasteiger partial charge in [-0.3, -0.25) is 0 Å². The number of nitrogens with one attached hydrogen (secondary N) is 1. The van der Waals surface area contributed by atoms with Crippen LogP contribution in [0.2, 0.25) is 0 Å². The molecule has 0 aliphatic heterocycles. The molecule has 0 aromatic rings. The Morgan fingerprint density at radius 1 is 1.64 bits per heavy atom. The van der Waals surface area contributed by atoms with Crippen molar-refractivity contribution in [3.8, 4) is 0 Å². The van der Waals surface area contributed by atoms with Crippen molar-refractivity contribution in [1.29, 1.82) is 0 Å². The lowest BCUT2D eigenvalue weighted by Crippen LogP contribution is -2.26. The monoisotopic (exact) mass is 157 g/mol. The molecule has 66 valence electrons. The Labute approximate surface area is 69.0 Å². The van der Waals surface area contributed by atoms with Gasteiger partial charge in [-0.1, -0.05) is 20.3 Å². The van der Waals surface area contributed by atoms with Crippen LogP contribution in [0.3, 0.4) is 0 Å². The summed E-state index contributed by atoms with van der Waals surface area (Å²) in [5.74, 6) is 1.33. The van der Waals surface area contributed by atoms with Crippen molar-refractivity contribution in [2.45, 2.75) is 32.7 Å². The first-order valence-corrected chi connectivity index (χ1v) is 4.62. The van der Waals surface area contributed by atoms with Crippen molar-refractivity contribution >= 4 is 0 Å². The third-order valence-electron chi connectivity index (χ3n) is 2.49. The van der Waals surface area contributed by atoms with E-state index in [9.17, 15) is 0 Å². The number of aliphatic hydroxyl groups excluding tert-OH is 1. The van der Waals surface area contributed by atoms with Crippen LogP contribution >= 0.6 is 0 Å². The Bertz CT molecular complexity index is 116. The van der Waals surface area contributed by atoms with Crippen LogP contribution in [0.15, 0.2) is 0 Å². The molecular formula is C9H19NO. The highest BCUT2D eigenvalue weighted by Crippen LogP contribution is 2.32. The summed E-state index contributed by atoms with van der Waals surface area (Å²) < 4.78 is 0. The second kappa shape index (κ2) is 4.07. The van der Waals surface area contributed by atoms with Crippen LogP contribution in [-0.2, 0) is 0 Å². The van der Waals surface area contributed by atoms with Gasteiger partial charge < -0.3 is 10.4 Å². The standard InChI is InChI=1S/C9H19NO/c1-3-8-4-9(8)10-5-7(2)6-11/h7-11H,3-6H2,1-2H3. The van der Waals surface area contributed by atoms with Crippen LogP contribution in [0, 0.1) is 11.8 Å². The van der Waals surface area contributed by atoms with Crippen molar-refractivity contribution in [2.75, 3.05) is 13.2 Å². The summed E-state index contributed by atoms with van der Waals surface area (Å²) in [4.78, 5) is 0. The molecule has 2 N–H and O–H groups in total. The Morgan fingerprint density at radius 3 is 2.82 bits per heavy atom. The molecule has 3 atom stereocenters. The summed E-state index contributed by atoms with van der Waals surface area (Å²) in [7, 11) is 0. The zero-order valence-corrected chi connectivity index (χ0v) is 7.51. The van der Waals surface area contributed by atoms with Gasteiger partial charge in [-0.05, 0) is 18.3 Å². The first-order valence-electron chi connectivity index (χ1n) is 4.62. The van der Waals surface area contributed by atoms with Crippen LogP contribution in [0.25, 0.3) is 0 Å². The lowest BCUT2D eigenvalue weighted by molar-refractivity contribution is 0.233. The fourth-order valence-corrected chi connectivity index (χ4v) is 1.37. The minimum atomic E-state index is 0.302. The third kappa shape index (κ3) is 2.80.